The number of aromatic nitrogens is 2. The number of nitrogens with zero attached hydrogens (tertiary/aromatic N) is 4. The van der Waals surface area contributed by atoms with Crippen LogP contribution in [0.5, 0.6) is 5.75 Å². The van der Waals surface area contributed by atoms with Crippen LogP contribution in [-0.4, -0.2) is 59.6 Å². The van der Waals surface area contributed by atoms with Crippen molar-refractivity contribution in [2.75, 3.05) is 31.6 Å². The van der Waals surface area contributed by atoms with E-state index in [9.17, 15) is 4.79 Å². The number of anilines is 1. The van der Waals surface area contributed by atoms with E-state index in [-0.39, 0.29) is 17.8 Å². The van der Waals surface area contributed by atoms with Gasteiger partial charge in [-0.25, -0.2) is 9.37 Å². The van der Waals surface area contributed by atoms with E-state index in [4.69, 9.17) is 16.3 Å². The molecule has 9 heteroatoms. The molecule has 0 spiro atoms. The summed E-state index contributed by atoms with van der Waals surface area (Å²) in [5.41, 5.74) is 4.86. The topological polar surface area (TPSA) is 70.6 Å². The first-order valence-corrected chi connectivity index (χ1v) is 14.2. The van der Waals surface area contributed by atoms with Crippen LogP contribution in [0.15, 0.2) is 42.7 Å². The molecule has 0 aliphatic carbocycles. The number of halogens is 2. The van der Waals surface area contributed by atoms with Gasteiger partial charge < -0.3 is 19.9 Å². The van der Waals surface area contributed by atoms with Crippen molar-refractivity contribution in [3.63, 3.8) is 0 Å². The van der Waals surface area contributed by atoms with Crippen molar-refractivity contribution in [2.45, 2.75) is 65.6 Å². The van der Waals surface area contributed by atoms with E-state index in [2.05, 4.69) is 38.9 Å². The lowest BCUT2D eigenvalue weighted by molar-refractivity contribution is 0.0943. The Kier molecular flexibility index (Phi) is 9.98. The second-order valence-corrected chi connectivity index (χ2v) is 11.0. The van der Waals surface area contributed by atoms with E-state index in [1.54, 1.807) is 26.3 Å². The molecule has 7 nitrogen and oxygen atoms in total. The van der Waals surface area contributed by atoms with Crippen LogP contribution in [-0.2, 0) is 6.54 Å². The molecule has 1 N–H and O–H groups in total. The molecule has 3 heterocycles. The van der Waals surface area contributed by atoms with Gasteiger partial charge in [-0.05, 0) is 87.9 Å². The minimum atomic E-state index is -0.284. The monoisotopic (exact) mass is 567 g/mol. The van der Waals surface area contributed by atoms with Gasteiger partial charge in [0.1, 0.15) is 16.7 Å². The lowest BCUT2D eigenvalue weighted by atomic mass is 9.98. The standard InChI is InChI=1S/C31H39ClFN5O2/c1-20-8-12-34-18-24(20)19-38(28-7-6-26(40-5)17-27(28)33)25-10-14-37(15-11-25)22(3)9-13-35-31(39)30-21(2)16-29(32)36-23(30)4/h6-8,12,16-18,22,25H,9-11,13-15,19H2,1-5H3,(H,35,39). The molecule has 40 heavy (non-hydrogen) atoms. The molecule has 1 aromatic carbocycles. The predicted octanol–water partition coefficient (Wildman–Crippen LogP) is 5.88. The number of likely N-dealkylation sites (tertiary alicyclic amines) is 1. The smallest absolute Gasteiger partial charge is 0.253 e. The third-order valence-corrected chi connectivity index (χ3v) is 8.15. The molecule has 1 atom stereocenters. The van der Waals surface area contributed by atoms with Crippen LogP contribution in [0.4, 0.5) is 10.1 Å². The maximum atomic E-state index is 15.3. The van der Waals surface area contributed by atoms with Crippen LogP contribution in [0.25, 0.3) is 0 Å². The fourth-order valence-electron chi connectivity index (χ4n) is 5.54. The maximum Gasteiger partial charge on any atom is 0.253 e. The number of hydrogen-bond acceptors (Lipinski definition) is 6. The number of piperidine rings is 1. The summed E-state index contributed by atoms with van der Waals surface area (Å²) in [6, 6.07) is 9.29. The molecule has 2 aromatic heterocycles. The highest BCUT2D eigenvalue weighted by molar-refractivity contribution is 6.29. The lowest BCUT2D eigenvalue weighted by Crippen LogP contribution is -2.48. The number of ether oxygens (including phenoxy) is 1. The fraction of sp³-hybridized carbons (Fsp3) is 0.452. The van der Waals surface area contributed by atoms with Crippen molar-refractivity contribution in [1.29, 1.82) is 0 Å². The fourth-order valence-corrected chi connectivity index (χ4v) is 5.83. The Bertz CT molecular complexity index is 1310. The number of benzene rings is 1. The van der Waals surface area contributed by atoms with Gasteiger partial charge in [-0.3, -0.25) is 9.78 Å². The highest BCUT2D eigenvalue weighted by atomic mass is 35.5. The van der Waals surface area contributed by atoms with Gasteiger partial charge in [0.15, 0.2) is 0 Å². The van der Waals surface area contributed by atoms with Crippen molar-refractivity contribution in [2.24, 2.45) is 0 Å². The summed E-state index contributed by atoms with van der Waals surface area (Å²) in [4.78, 5) is 26.0. The van der Waals surface area contributed by atoms with Gasteiger partial charge >= 0.3 is 0 Å². The number of rotatable bonds is 10. The quantitative estimate of drug-likeness (QED) is 0.308. The van der Waals surface area contributed by atoms with Gasteiger partial charge in [0, 0.05) is 56.7 Å². The molecule has 214 valence electrons. The Morgan fingerprint density at radius 3 is 2.60 bits per heavy atom. The predicted molar refractivity (Wildman–Crippen MR) is 158 cm³/mol. The van der Waals surface area contributed by atoms with Crippen LogP contribution in [0.3, 0.4) is 0 Å². The zero-order valence-corrected chi connectivity index (χ0v) is 24.8. The van der Waals surface area contributed by atoms with Gasteiger partial charge in [0.05, 0.1) is 24.1 Å². The first kappa shape index (κ1) is 29.7. The lowest BCUT2D eigenvalue weighted by Gasteiger charge is -2.42. The Labute approximate surface area is 241 Å². The summed E-state index contributed by atoms with van der Waals surface area (Å²) in [6.45, 7) is 10.9. The minimum absolute atomic E-state index is 0.118. The number of aryl methyl sites for hydroxylation is 3. The first-order chi connectivity index (χ1) is 19.2. The molecule has 4 rings (SSSR count). The van der Waals surface area contributed by atoms with Crippen molar-refractivity contribution in [1.82, 2.24) is 20.2 Å². The summed E-state index contributed by atoms with van der Waals surface area (Å²) < 4.78 is 20.5. The number of nitrogens with one attached hydrogen (secondary N) is 1. The number of hydrogen-bond donors (Lipinski definition) is 1. The molecule has 0 radical (unpaired) electrons. The van der Waals surface area contributed by atoms with E-state index in [0.29, 0.717) is 47.0 Å². The summed E-state index contributed by atoms with van der Waals surface area (Å²) in [5, 5.41) is 3.45. The highest BCUT2D eigenvalue weighted by Crippen LogP contribution is 2.31. The molecule has 3 aromatic rings. The van der Waals surface area contributed by atoms with Crippen LogP contribution in [0.1, 0.15) is 58.9 Å². The molecular formula is C31H39ClFN5O2. The number of methoxy groups -OCH3 is 1. The Balaban J connectivity index is 1.37. The van der Waals surface area contributed by atoms with Crippen molar-refractivity contribution >= 4 is 23.2 Å². The molecular weight excluding hydrogens is 529 g/mol. The van der Waals surface area contributed by atoms with E-state index in [1.165, 1.54) is 6.07 Å². The number of pyridine rings is 2. The second-order valence-electron chi connectivity index (χ2n) is 10.6. The molecule has 0 saturated carbocycles. The largest absolute Gasteiger partial charge is 0.497 e. The normalized spacial score (nSPS) is 15.1. The van der Waals surface area contributed by atoms with Crippen LogP contribution >= 0.6 is 11.6 Å². The minimum Gasteiger partial charge on any atom is -0.497 e. The van der Waals surface area contributed by atoms with Gasteiger partial charge in [0.2, 0.25) is 0 Å². The van der Waals surface area contributed by atoms with Crippen molar-refractivity contribution in [3.8, 4) is 5.75 Å². The SMILES string of the molecule is COc1ccc(N(Cc2cnccc2C)C2CCN(C(C)CCNC(=O)c3c(C)cc(Cl)nc3C)CC2)c(F)c1. The van der Waals surface area contributed by atoms with E-state index >= 15 is 4.39 Å². The summed E-state index contributed by atoms with van der Waals surface area (Å²) in [6.07, 6.45) is 6.32. The Hall–Kier alpha value is -3.23. The third kappa shape index (κ3) is 7.09. The number of carbonyl (C=O) groups excluding carboxylic acids is 1. The van der Waals surface area contributed by atoms with Gasteiger partial charge in [0.25, 0.3) is 5.91 Å². The Morgan fingerprint density at radius 2 is 1.95 bits per heavy atom. The third-order valence-electron chi connectivity index (χ3n) is 7.96. The average Bonchev–Trinajstić information content (AvgIpc) is 2.92. The molecule has 1 unspecified atom stereocenters. The summed E-state index contributed by atoms with van der Waals surface area (Å²) >= 11 is 6.01. The molecule has 1 fully saturated rings. The molecule has 0 bridgehead atoms. The number of amides is 1. The van der Waals surface area contributed by atoms with Gasteiger partial charge in [-0.15, -0.1) is 0 Å². The maximum absolute atomic E-state index is 15.3. The van der Waals surface area contributed by atoms with Crippen LogP contribution in [0, 0.1) is 26.6 Å². The Morgan fingerprint density at radius 1 is 1.20 bits per heavy atom. The van der Waals surface area contributed by atoms with Crippen LogP contribution in [0.2, 0.25) is 5.15 Å². The molecule has 1 aliphatic rings. The van der Waals surface area contributed by atoms with Gasteiger partial charge in [-0.1, -0.05) is 11.6 Å². The second kappa shape index (κ2) is 13.4. The van der Waals surface area contributed by atoms with Gasteiger partial charge in [-0.2, -0.15) is 0 Å². The van der Waals surface area contributed by atoms with E-state index < -0.39 is 0 Å². The first-order valence-electron chi connectivity index (χ1n) is 13.8. The zero-order chi connectivity index (χ0) is 28.8. The van der Waals surface area contributed by atoms with E-state index in [0.717, 1.165) is 49.0 Å². The van der Waals surface area contributed by atoms with Crippen LogP contribution < -0.4 is 15.0 Å². The molecule has 1 aliphatic heterocycles. The molecule has 1 saturated heterocycles. The summed E-state index contributed by atoms with van der Waals surface area (Å²) in [5.74, 6) is 0.105. The zero-order valence-electron chi connectivity index (χ0n) is 24.0. The van der Waals surface area contributed by atoms with Crippen molar-refractivity contribution < 1.29 is 13.9 Å². The number of carbonyl (C=O) groups is 1. The summed E-state index contributed by atoms with van der Waals surface area (Å²) in [7, 11) is 1.55. The van der Waals surface area contributed by atoms with Crippen molar-refractivity contribution in [3.05, 3.63) is 81.6 Å². The molecule has 1 amide bonds. The van der Waals surface area contributed by atoms with E-state index in [1.807, 2.05) is 31.3 Å². The highest BCUT2D eigenvalue weighted by Gasteiger charge is 2.29. The average molecular weight is 568 g/mol.